The average Bonchev–Trinajstić information content (AvgIpc) is 3.18. The maximum Gasteiger partial charge on any atom is 0.224 e. The Kier molecular flexibility index (Phi) is 7.12. The Morgan fingerprint density at radius 3 is 2.74 bits per heavy atom. The lowest BCUT2D eigenvalue weighted by molar-refractivity contribution is -0.129. The molecule has 1 saturated heterocycles. The van der Waals surface area contributed by atoms with Crippen molar-refractivity contribution < 1.29 is 4.79 Å². The van der Waals surface area contributed by atoms with Crippen molar-refractivity contribution in [3.05, 3.63) is 54.4 Å². The average molecular weight is 368 g/mol. The number of nitrogens with one attached hydrogen (secondary N) is 3. The Morgan fingerprint density at radius 1 is 1.19 bits per heavy atom. The number of nitrogens with zero attached hydrogens (tertiary/aromatic N) is 3. The summed E-state index contributed by atoms with van der Waals surface area (Å²) in [5.41, 5.74) is 8.07. The minimum absolute atomic E-state index is 0.137. The summed E-state index contributed by atoms with van der Waals surface area (Å²) >= 11 is 0. The number of aromatic nitrogens is 2. The summed E-state index contributed by atoms with van der Waals surface area (Å²) in [6, 6.07) is 13.1. The van der Waals surface area contributed by atoms with E-state index < -0.39 is 0 Å². The van der Waals surface area contributed by atoms with Gasteiger partial charge in [0.1, 0.15) is 0 Å². The van der Waals surface area contributed by atoms with Crippen molar-refractivity contribution in [2.45, 2.75) is 37.8 Å². The predicted octanol–water partition coefficient (Wildman–Crippen LogP) is 2.12. The molecule has 7 nitrogen and oxygen atoms in total. The molecule has 2 heterocycles. The molecule has 1 aromatic heterocycles. The standard InChI is InChI=1S/C20H28N6O/c1-26(19(27)10-13-23-20-21-11-6-12-22-20)14-5-9-17-15-18(25-24-17)16-7-3-2-4-8-16/h2-4,6-8,11-12,17-18,24-25H,5,9-10,13-15H2,1H3,(H,21,22,23). The van der Waals surface area contributed by atoms with Gasteiger partial charge in [0.25, 0.3) is 0 Å². The highest BCUT2D eigenvalue weighted by molar-refractivity contribution is 5.76. The first kappa shape index (κ1) is 19.3. The number of carbonyl (C=O) groups is 1. The molecule has 7 heteroatoms. The van der Waals surface area contributed by atoms with E-state index in [0.29, 0.717) is 31.0 Å². The van der Waals surface area contributed by atoms with Gasteiger partial charge in [0.15, 0.2) is 0 Å². The molecule has 0 bridgehead atoms. The lowest BCUT2D eigenvalue weighted by Gasteiger charge is -2.18. The highest BCUT2D eigenvalue weighted by Gasteiger charge is 2.24. The molecule has 3 N–H and O–H groups in total. The molecule has 1 aromatic carbocycles. The predicted molar refractivity (Wildman–Crippen MR) is 106 cm³/mol. The van der Waals surface area contributed by atoms with E-state index in [-0.39, 0.29) is 5.91 Å². The fourth-order valence-corrected chi connectivity index (χ4v) is 3.28. The van der Waals surface area contributed by atoms with Crippen molar-refractivity contribution >= 4 is 11.9 Å². The maximum atomic E-state index is 12.2. The molecule has 3 rings (SSSR count). The smallest absolute Gasteiger partial charge is 0.224 e. The zero-order valence-electron chi connectivity index (χ0n) is 15.8. The lowest BCUT2D eigenvalue weighted by Crippen LogP contribution is -2.33. The SMILES string of the molecule is CN(CCCC1CC(c2ccccc2)NN1)C(=O)CCNc1ncccn1. The lowest BCUT2D eigenvalue weighted by atomic mass is 10.00. The largest absolute Gasteiger partial charge is 0.354 e. The first-order valence-electron chi connectivity index (χ1n) is 9.53. The number of carbonyl (C=O) groups excluding carboxylic acids is 1. The fourth-order valence-electron chi connectivity index (χ4n) is 3.28. The third-order valence-electron chi connectivity index (χ3n) is 4.84. The van der Waals surface area contributed by atoms with Crippen molar-refractivity contribution in [1.29, 1.82) is 0 Å². The monoisotopic (exact) mass is 368 g/mol. The van der Waals surface area contributed by atoms with Gasteiger partial charge in [-0.15, -0.1) is 0 Å². The second-order valence-corrected chi connectivity index (χ2v) is 6.89. The maximum absolute atomic E-state index is 12.2. The van der Waals surface area contributed by atoms with Gasteiger partial charge in [0.05, 0.1) is 0 Å². The van der Waals surface area contributed by atoms with Gasteiger partial charge in [0.2, 0.25) is 11.9 Å². The van der Waals surface area contributed by atoms with Crippen molar-refractivity contribution in [1.82, 2.24) is 25.7 Å². The summed E-state index contributed by atoms with van der Waals surface area (Å²) < 4.78 is 0. The molecule has 27 heavy (non-hydrogen) atoms. The van der Waals surface area contributed by atoms with Crippen LogP contribution in [0.2, 0.25) is 0 Å². The molecule has 1 amide bonds. The van der Waals surface area contributed by atoms with Gasteiger partial charge in [-0.1, -0.05) is 30.3 Å². The van der Waals surface area contributed by atoms with E-state index in [4.69, 9.17) is 0 Å². The summed E-state index contributed by atoms with van der Waals surface area (Å²) in [5, 5.41) is 3.06. The van der Waals surface area contributed by atoms with Crippen LogP contribution in [0.1, 0.15) is 37.3 Å². The molecule has 0 aliphatic carbocycles. The summed E-state index contributed by atoms with van der Waals surface area (Å²) in [6.45, 7) is 1.31. The van der Waals surface area contributed by atoms with Crippen LogP contribution in [0.5, 0.6) is 0 Å². The molecule has 2 aromatic rings. The van der Waals surface area contributed by atoms with Gasteiger partial charge in [-0.3, -0.25) is 15.6 Å². The number of anilines is 1. The third-order valence-corrected chi connectivity index (χ3v) is 4.84. The van der Waals surface area contributed by atoms with Gasteiger partial charge in [0, 0.05) is 51.0 Å². The van der Waals surface area contributed by atoms with Crippen LogP contribution in [0.25, 0.3) is 0 Å². The van der Waals surface area contributed by atoms with Crippen LogP contribution in [0, 0.1) is 0 Å². The summed E-state index contributed by atoms with van der Waals surface area (Å²) in [7, 11) is 1.87. The molecule has 1 fully saturated rings. The van der Waals surface area contributed by atoms with Crippen molar-refractivity contribution in [3.63, 3.8) is 0 Å². The molecule has 0 spiro atoms. The van der Waals surface area contributed by atoms with E-state index >= 15 is 0 Å². The molecule has 2 atom stereocenters. The van der Waals surface area contributed by atoms with Gasteiger partial charge >= 0.3 is 0 Å². The van der Waals surface area contributed by atoms with Crippen LogP contribution < -0.4 is 16.2 Å². The van der Waals surface area contributed by atoms with Crippen molar-refractivity contribution in [3.8, 4) is 0 Å². The second kappa shape index (κ2) is 9.99. The van der Waals surface area contributed by atoms with Gasteiger partial charge in [-0.2, -0.15) is 0 Å². The van der Waals surface area contributed by atoms with E-state index in [1.54, 1.807) is 18.5 Å². The normalized spacial score (nSPS) is 19.0. The Hall–Kier alpha value is -2.51. The number of hydrogen-bond donors (Lipinski definition) is 3. The van der Waals surface area contributed by atoms with Gasteiger partial charge in [-0.05, 0) is 30.9 Å². The number of rotatable bonds is 9. The Bertz CT molecular complexity index is 696. The highest BCUT2D eigenvalue weighted by Crippen LogP contribution is 2.23. The number of hydrazine groups is 1. The Labute approximate surface area is 160 Å². The van der Waals surface area contributed by atoms with E-state index in [2.05, 4.69) is 50.4 Å². The molecule has 144 valence electrons. The van der Waals surface area contributed by atoms with Crippen LogP contribution in [0.15, 0.2) is 48.8 Å². The summed E-state index contributed by atoms with van der Waals surface area (Å²) in [4.78, 5) is 22.2. The first-order chi connectivity index (χ1) is 13.2. The number of hydrogen-bond acceptors (Lipinski definition) is 6. The van der Waals surface area contributed by atoms with Crippen LogP contribution in [-0.2, 0) is 4.79 Å². The van der Waals surface area contributed by atoms with E-state index in [0.717, 1.165) is 25.8 Å². The highest BCUT2D eigenvalue weighted by atomic mass is 16.2. The summed E-state index contributed by atoms with van der Waals surface area (Å²) in [5.74, 6) is 0.693. The van der Waals surface area contributed by atoms with E-state index in [1.165, 1.54) is 5.56 Å². The van der Waals surface area contributed by atoms with E-state index in [1.807, 2.05) is 18.0 Å². The van der Waals surface area contributed by atoms with Crippen LogP contribution >= 0.6 is 0 Å². The topological polar surface area (TPSA) is 82.2 Å². The van der Waals surface area contributed by atoms with Gasteiger partial charge in [-0.25, -0.2) is 9.97 Å². The van der Waals surface area contributed by atoms with Crippen LogP contribution in [0.4, 0.5) is 5.95 Å². The molecule has 1 aliphatic heterocycles. The second-order valence-electron chi connectivity index (χ2n) is 6.89. The zero-order chi connectivity index (χ0) is 18.9. The zero-order valence-corrected chi connectivity index (χ0v) is 15.8. The molecular formula is C20H28N6O. The molecular weight excluding hydrogens is 340 g/mol. The van der Waals surface area contributed by atoms with Crippen LogP contribution in [-0.4, -0.2) is 47.0 Å². The Balaban J connectivity index is 1.30. The molecule has 1 aliphatic rings. The van der Waals surface area contributed by atoms with Gasteiger partial charge < -0.3 is 10.2 Å². The number of benzene rings is 1. The molecule has 2 unspecified atom stereocenters. The Morgan fingerprint density at radius 2 is 1.96 bits per heavy atom. The van der Waals surface area contributed by atoms with E-state index in [9.17, 15) is 4.79 Å². The first-order valence-corrected chi connectivity index (χ1v) is 9.53. The molecule has 0 radical (unpaired) electrons. The minimum atomic E-state index is 0.137. The minimum Gasteiger partial charge on any atom is -0.354 e. The number of amides is 1. The summed E-state index contributed by atoms with van der Waals surface area (Å²) in [6.07, 6.45) is 6.90. The van der Waals surface area contributed by atoms with Crippen molar-refractivity contribution in [2.75, 3.05) is 25.5 Å². The fraction of sp³-hybridized carbons (Fsp3) is 0.450. The van der Waals surface area contributed by atoms with Crippen molar-refractivity contribution in [2.24, 2.45) is 0 Å². The van der Waals surface area contributed by atoms with Crippen LogP contribution in [0.3, 0.4) is 0 Å². The molecule has 0 saturated carbocycles. The quantitative estimate of drug-likeness (QED) is 0.629. The third kappa shape index (κ3) is 6.01.